The SMILES string of the molecule is Cc1cc(OCCCC(=O)NCCNC(=O)C(CS(O)(O)O)NC(=O)C(CS(O)(O)O)NC(=O)CN2CCN(CC(=O)O)CCN(CC(=O)O)CCN(C(=O)O)CC2)cc(C)c1S(=O)(=O)N[C@@H](CNC(=O)c1cn(C)c2cc(CNc3ncc[nH]3)ccc2c1=O)C(=O)O. The number of carboxylic acids is 3. The second kappa shape index (κ2) is 34.6. The molecule has 93 heavy (non-hydrogen) atoms. The number of carbonyl (C=O) groups excluding carboxylic acids is 5. The highest BCUT2D eigenvalue weighted by atomic mass is 32.3. The number of aliphatic carboxylic acids is 3. The van der Waals surface area contributed by atoms with Crippen molar-refractivity contribution >= 4 is 102 Å². The van der Waals surface area contributed by atoms with Crippen molar-refractivity contribution in [2.75, 3.05) is 115 Å². The van der Waals surface area contributed by atoms with E-state index in [1.807, 2.05) is 5.32 Å². The minimum Gasteiger partial charge on any atom is -0.494 e. The molecule has 18 N–H and O–H groups in total. The standard InChI is InChI=1S/C53H78N14O23S3/c1-32-21-35(22-33(2)47(32)93(88,89)62-38(51(78)79)25-58-48(75)37-26-63(3)41-23-34(6-7-36(41)46(37)74)24-59-52-56-10-11-57-52)90-20-4-5-42(68)54-8-9-55-49(76)39(30-91(82,83)84)61-50(77)40(31-92(85,86)87)60-43(69)27-64-12-13-65(28-44(70)71)14-15-66(29-45(72)73)17-19-67(18-16-64)53(80)81/h6-7,10-11,21-23,26,38-40,62,82-87H,4-5,8-9,12-20,24-25,27-31H2,1-3H3,(H,54,68)(H,55,76)(H,58,75)(H,60,69)(H,61,77)(H,70,71)(H,72,73)(H,78,79)(H,80,81)(H2,56,57,59)/t38-,39?,40?/m0/s1. The van der Waals surface area contributed by atoms with Crippen LogP contribution in [0.4, 0.5) is 10.7 Å². The van der Waals surface area contributed by atoms with Crippen molar-refractivity contribution in [3.63, 3.8) is 0 Å². The average molecular weight is 1380 g/mol. The lowest BCUT2D eigenvalue weighted by atomic mass is 10.1. The van der Waals surface area contributed by atoms with Crippen LogP contribution in [0.25, 0.3) is 10.9 Å². The lowest BCUT2D eigenvalue weighted by Gasteiger charge is -2.33. The number of rotatable bonds is 32. The van der Waals surface area contributed by atoms with Gasteiger partial charge in [0.15, 0.2) is 5.95 Å². The summed E-state index contributed by atoms with van der Waals surface area (Å²) in [7, 11) is -12.1. The van der Waals surface area contributed by atoms with E-state index in [1.54, 1.807) is 42.2 Å². The number of benzene rings is 2. The highest BCUT2D eigenvalue weighted by Crippen LogP contribution is 2.35. The first-order valence-corrected chi connectivity index (χ1v) is 33.2. The quantitative estimate of drug-likeness (QED) is 0.0248. The van der Waals surface area contributed by atoms with Crippen molar-refractivity contribution in [1.29, 1.82) is 0 Å². The summed E-state index contributed by atoms with van der Waals surface area (Å²) in [5, 5.41) is 53.4. The van der Waals surface area contributed by atoms with Gasteiger partial charge in [-0.3, -0.25) is 57.9 Å². The summed E-state index contributed by atoms with van der Waals surface area (Å²) >= 11 is 0. The van der Waals surface area contributed by atoms with Crippen LogP contribution < -0.4 is 46.8 Å². The van der Waals surface area contributed by atoms with E-state index in [-0.39, 0.29) is 118 Å². The molecule has 6 amide bonds. The van der Waals surface area contributed by atoms with Crippen LogP contribution in [0.15, 0.2) is 58.6 Å². The fourth-order valence-electron chi connectivity index (χ4n) is 9.62. The number of hydrogen-bond acceptors (Lipinski definition) is 24. The number of hydrogen-bond donors (Lipinski definition) is 18. The van der Waals surface area contributed by atoms with Gasteiger partial charge < -0.3 is 98.8 Å². The molecule has 0 bridgehead atoms. The first-order chi connectivity index (χ1) is 43.6. The number of aryl methyl sites for hydroxylation is 3. The number of aromatic nitrogens is 3. The van der Waals surface area contributed by atoms with Crippen molar-refractivity contribution in [2.45, 2.75) is 56.3 Å². The molecule has 37 nitrogen and oxygen atoms in total. The molecular formula is C53H78N14O23S3. The molecule has 0 spiro atoms. The van der Waals surface area contributed by atoms with Gasteiger partial charge in [-0.1, -0.05) is 6.07 Å². The molecule has 1 aliphatic rings. The van der Waals surface area contributed by atoms with Gasteiger partial charge in [-0.15, -0.1) is 0 Å². The second-order valence-electron chi connectivity index (χ2n) is 21.5. The van der Waals surface area contributed by atoms with E-state index in [0.717, 1.165) is 10.5 Å². The minimum absolute atomic E-state index is 0.0248. The number of amides is 6. The number of aromatic amines is 1. The third-order valence-electron chi connectivity index (χ3n) is 14.0. The Morgan fingerprint density at radius 1 is 0.688 bits per heavy atom. The molecule has 0 radical (unpaired) electrons. The van der Waals surface area contributed by atoms with Gasteiger partial charge in [0.25, 0.3) is 5.91 Å². The maximum Gasteiger partial charge on any atom is 0.407 e. The average Bonchev–Trinajstić information content (AvgIpc) is 0.965. The Kier molecular flexibility index (Phi) is 28.1. The van der Waals surface area contributed by atoms with Gasteiger partial charge in [0, 0.05) is 116 Å². The zero-order valence-corrected chi connectivity index (χ0v) is 53.1. The van der Waals surface area contributed by atoms with Gasteiger partial charge in [0.05, 0.1) is 69.9 Å². The number of carboxylic acid groups (broad SMARTS) is 4. The molecule has 4 aromatic rings. The number of ether oxygens (including phenoxy) is 1. The lowest BCUT2D eigenvalue weighted by molar-refractivity contribution is -0.140. The number of sulfonamides is 1. The van der Waals surface area contributed by atoms with Gasteiger partial charge in [-0.05, 0) is 61.2 Å². The predicted octanol–water partition coefficient (Wildman–Crippen LogP) is -1.47. The summed E-state index contributed by atoms with van der Waals surface area (Å²) < 4.78 is 96.2. The Labute approximate surface area is 535 Å². The molecule has 3 heterocycles. The van der Waals surface area contributed by atoms with Crippen LogP contribution in [0.5, 0.6) is 5.75 Å². The van der Waals surface area contributed by atoms with E-state index in [9.17, 15) is 104 Å². The number of anilines is 1. The van der Waals surface area contributed by atoms with Crippen molar-refractivity contribution < 1.29 is 104 Å². The van der Waals surface area contributed by atoms with Gasteiger partial charge in [-0.2, -0.15) is 4.72 Å². The van der Waals surface area contributed by atoms with Crippen LogP contribution in [0.3, 0.4) is 0 Å². The normalized spacial score (nSPS) is 15.5. The third kappa shape index (κ3) is 25.3. The fraction of sp³-hybridized carbons (Fsp3) is 0.491. The molecule has 3 atom stereocenters. The zero-order valence-electron chi connectivity index (χ0n) is 50.7. The molecule has 40 heteroatoms. The first-order valence-electron chi connectivity index (χ1n) is 28.4. The Morgan fingerprint density at radius 2 is 1.25 bits per heavy atom. The highest BCUT2D eigenvalue weighted by Gasteiger charge is 2.35. The Hall–Kier alpha value is -8.26. The van der Waals surface area contributed by atoms with Crippen LogP contribution in [0, 0.1) is 13.8 Å². The zero-order chi connectivity index (χ0) is 69.0. The number of pyridine rings is 1. The topological polar surface area (TPSA) is 547 Å². The number of nitrogens with one attached hydrogen (secondary N) is 8. The largest absolute Gasteiger partial charge is 0.494 e. The molecule has 1 saturated heterocycles. The molecule has 5 rings (SSSR count). The van der Waals surface area contributed by atoms with Crippen LogP contribution in [-0.4, -0.2) is 272 Å². The number of imidazole rings is 1. The molecule has 2 aromatic heterocycles. The van der Waals surface area contributed by atoms with Crippen LogP contribution in [0.2, 0.25) is 0 Å². The number of carbonyl (C=O) groups is 9. The molecule has 1 fully saturated rings. The molecule has 0 saturated carbocycles. The summed E-state index contributed by atoms with van der Waals surface area (Å²) in [6.07, 6.45) is 3.10. The number of H-pyrrole nitrogens is 1. The van der Waals surface area contributed by atoms with E-state index in [0.29, 0.717) is 18.0 Å². The predicted molar refractivity (Wildman–Crippen MR) is 335 cm³/mol. The van der Waals surface area contributed by atoms with E-state index in [2.05, 4.69) is 41.3 Å². The summed E-state index contributed by atoms with van der Waals surface area (Å²) in [5.74, 6) is -11.0. The molecule has 1 aliphatic heterocycles. The lowest BCUT2D eigenvalue weighted by Crippen LogP contribution is -2.58. The smallest absolute Gasteiger partial charge is 0.407 e. The van der Waals surface area contributed by atoms with Crippen molar-refractivity contribution in [3.05, 3.63) is 81.4 Å². The molecule has 516 valence electrons. The molecule has 2 unspecified atom stereocenters. The molecule has 2 aromatic carbocycles. The van der Waals surface area contributed by atoms with Crippen LogP contribution >= 0.6 is 21.7 Å². The van der Waals surface area contributed by atoms with Crippen LogP contribution in [0.1, 0.15) is 39.9 Å². The third-order valence-corrected chi connectivity index (χ3v) is 17.4. The monoisotopic (exact) mass is 1370 g/mol. The Morgan fingerprint density at radius 3 is 1.78 bits per heavy atom. The van der Waals surface area contributed by atoms with Crippen molar-refractivity contribution in [1.82, 2.24) is 65.4 Å². The van der Waals surface area contributed by atoms with E-state index in [4.69, 9.17) is 4.74 Å². The second-order valence-corrected chi connectivity index (χ2v) is 26.3. The highest BCUT2D eigenvalue weighted by molar-refractivity contribution is 8.19. The molecule has 0 aliphatic carbocycles. The summed E-state index contributed by atoms with van der Waals surface area (Å²) in [4.78, 5) is 139. The van der Waals surface area contributed by atoms with Crippen LogP contribution in [-0.2, 0) is 57.2 Å². The number of nitrogens with zero attached hydrogens (tertiary/aromatic N) is 6. The maximum atomic E-state index is 13.7. The minimum atomic E-state index is -4.61. The molecular weight excluding hydrogens is 1300 g/mol. The fourth-order valence-corrected chi connectivity index (χ4v) is 12.6. The first kappa shape index (κ1) is 75.5. The summed E-state index contributed by atoms with van der Waals surface area (Å²) in [6.45, 7) is -0.494. The Bertz CT molecular complexity index is 3470. The summed E-state index contributed by atoms with van der Waals surface area (Å²) in [5.41, 5.74) is 0.639. The van der Waals surface area contributed by atoms with E-state index in [1.165, 1.54) is 46.9 Å². The van der Waals surface area contributed by atoms with Gasteiger partial charge in [-0.25, -0.2) is 18.2 Å². The maximum absolute atomic E-state index is 13.7. The Balaban J connectivity index is 1.10. The van der Waals surface area contributed by atoms with E-state index < -0.39 is 147 Å². The van der Waals surface area contributed by atoms with Crippen molar-refractivity contribution in [3.8, 4) is 5.75 Å². The van der Waals surface area contributed by atoms with Gasteiger partial charge in [0.1, 0.15) is 29.4 Å². The van der Waals surface area contributed by atoms with Gasteiger partial charge >= 0.3 is 24.0 Å². The number of fused-ring (bicyclic) bond motifs is 1. The summed E-state index contributed by atoms with van der Waals surface area (Å²) in [6, 6.07) is 1.76. The van der Waals surface area contributed by atoms with Gasteiger partial charge in [0.2, 0.25) is 39.1 Å². The van der Waals surface area contributed by atoms with E-state index >= 15 is 0 Å². The van der Waals surface area contributed by atoms with Crippen molar-refractivity contribution in [2.24, 2.45) is 7.05 Å².